The van der Waals surface area contributed by atoms with Gasteiger partial charge < -0.3 is 14.5 Å². The lowest BCUT2D eigenvalue weighted by Crippen LogP contribution is -2.27. The van der Waals surface area contributed by atoms with Crippen LogP contribution in [0.25, 0.3) is 0 Å². The molecule has 1 aromatic heterocycles. The molecule has 3 aromatic rings. The van der Waals surface area contributed by atoms with Crippen molar-refractivity contribution >= 4 is 5.91 Å². The largest absolute Gasteiger partial charge is 0.497 e. The van der Waals surface area contributed by atoms with E-state index in [4.69, 9.17) is 9.15 Å². The lowest BCUT2D eigenvalue weighted by Gasteiger charge is -2.21. The normalized spacial score (nSPS) is 11.2. The molecule has 0 saturated carbocycles. The molecule has 0 aliphatic rings. The van der Waals surface area contributed by atoms with Gasteiger partial charge in [-0.3, -0.25) is 9.69 Å². The van der Waals surface area contributed by atoms with E-state index in [1.807, 2.05) is 38.1 Å². The number of hydrogen-bond donors (Lipinski definition) is 1. The van der Waals surface area contributed by atoms with Gasteiger partial charge in [-0.15, -0.1) is 0 Å². The summed E-state index contributed by atoms with van der Waals surface area (Å²) < 4.78 is 24.1. The number of ether oxygens (including phenoxy) is 1. The Morgan fingerprint density at radius 2 is 1.68 bits per heavy atom. The minimum Gasteiger partial charge on any atom is -0.497 e. The van der Waals surface area contributed by atoms with E-state index in [2.05, 4.69) is 15.2 Å². The highest BCUT2D eigenvalue weighted by molar-refractivity contribution is 5.91. The number of nitrogens with zero attached hydrogens (tertiary/aromatic N) is 2. The summed E-state index contributed by atoms with van der Waals surface area (Å²) in [5.41, 5.74) is 2.32. The van der Waals surface area contributed by atoms with Crippen LogP contribution in [0.15, 0.2) is 59.2 Å². The topological polar surface area (TPSA) is 67.6 Å². The van der Waals surface area contributed by atoms with Crippen molar-refractivity contribution in [3.8, 4) is 5.75 Å². The van der Waals surface area contributed by atoms with Gasteiger partial charge in [0.1, 0.15) is 17.8 Å². The minimum atomic E-state index is -0.268. The molecule has 31 heavy (non-hydrogen) atoms. The van der Waals surface area contributed by atoms with Crippen LogP contribution in [0.3, 0.4) is 0 Å². The second kappa shape index (κ2) is 10.7. The minimum absolute atomic E-state index is 0.246. The van der Waals surface area contributed by atoms with E-state index >= 15 is 0 Å². The van der Waals surface area contributed by atoms with Crippen LogP contribution < -0.4 is 10.1 Å². The Morgan fingerprint density at radius 1 is 1.06 bits per heavy atom. The lowest BCUT2D eigenvalue weighted by atomic mass is 10.1. The fourth-order valence-electron chi connectivity index (χ4n) is 3.07. The number of methoxy groups -OCH3 is 1. The Morgan fingerprint density at radius 3 is 2.26 bits per heavy atom. The molecule has 0 atom stereocenters. The molecule has 0 aliphatic carbocycles. The number of halogens is 1. The van der Waals surface area contributed by atoms with Crippen molar-refractivity contribution in [2.75, 3.05) is 13.7 Å². The average molecular weight is 426 g/mol. The van der Waals surface area contributed by atoms with Crippen LogP contribution >= 0.6 is 0 Å². The van der Waals surface area contributed by atoms with Gasteiger partial charge in [0.2, 0.25) is 5.89 Å². The zero-order chi connectivity index (χ0) is 22.2. The Labute approximate surface area is 182 Å². The average Bonchev–Trinajstić information content (AvgIpc) is 3.22. The summed E-state index contributed by atoms with van der Waals surface area (Å²) in [5.74, 6) is 1.08. The number of benzene rings is 2. The Kier molecular flexibility index (Phi) is 7.78. The highest BCUT2D eigenvalue weighted by Crippen LogP contribution is 2.17. The number of nitrogens with one attached hydrogen (secondary N) is 1. The number of aromatic nitrogens is 1. The molecule has 0 saturated heterocycles. The quantitative estimate of drug-likeness (QED) is 0.521. The van der Waals surface area contributed by atoms with Crippen LogP contribution in [0.5, 0.6) is 5.75 Å². The van der Waals surface area contributed by atoms with Crippen LogP contribution in [0, 0.1) is 11.7 Å². The molecule has 1 N–H and O–H groups in total. The van der Waals surface area contributed by atoms with E-state index in [9.17, 15) is 9.18 Å². The predicted molar refractivity (Wildman–Crippen MR) is 116 cm³/mol. The summed E-state index contributed by atoms with van der Waals surface area (Å²) in [6.45, 7) is 6.24. The van der Waals surface area contributed by atoms with E-state index in [1.54, 1.807) is 19.2 Å². The monoisotopic (exact) mass is 425 g/mol. The predicted octanol–water partition coefficient (Wildman–Crippen LogP) is 4.41. The Hall–Kier alpha value is -3.19. The molecule has 0 radical (unpaired) electrons. The van der Waals surface area contributed by atoms with E-state index in [0.717, 1.165) is 16.9 Å². The second-order valence-corrected chi connectivity index (χ2v) is 7.85. The van der Waals surface area contributed by atoms with Crippen molar-refractivity contribution < 1.29 is 18.3 Å². The van der Waals surface area contributed by atoms with Gasteiger partial charge in [-0.1, -0.05) is 38.1 Å². The Bertz CT molecular complexity index is 968. The van der Waals surface area contributed by atoms with Gasteiger partial charge in [0.15, 0.2) is 5.69 Å². The zero-order valence-corrected chi connectivity index (χ0v) is 18.1. The van der Waals surface area contributed by atoms with Crippen LogP contribution in [0.2, 0.25) is 0 Å². The standard InChI is InChI=1S/C24H28FN3O3/c1-17(2)12-26-24(29)22-16-31-23(27-22)15-28(13-18-4-8-20(25)9-5-18)14-19-6-10-21(30-3)11-7-19/h4-11,16-17H,12-15H2,1-3H3,(H,26,29). The molecular weight excluding hydrogens is 397 g/mol. The zero-order valence-electron chi connectivity index (χ0n) is 18.1. The van der Waals surface area contributed by atoms with E-state index in [0.29, 0.717) is 38.0 Å². The fraction of sp³-hybridized carbons (Fsp3) is 0.333. The first kappa shape index (κ1) is 22.5. The maximum Gasteiger partial charge on any atom is 0.273 e. The summed E-state index contributed by atoms with van der Waals surface area (Å²) in [5, 5.41) is 2.84. The van der Waals surface area contributed by atoms with Crippen LogP contribution in [-0.2, 0) is 19.6 Å². The van der Waals surface area contributed by atoms with Gasteiger partial charge in [0.05, 0.1) is 13.7 Å². The van der Waals surface area contributed by atoms with Crippen LogP contribution in [0.4, 0.5) is 4.39 Å². The number of oxazole rings is 1. The number of carbonyl (C=O) groups excluding carboxylic acids is 1. The van der Waals surface area contributed by atoms with Gasteiger partial charge in [-0.05, 0) is 41.3 Å². The summed E-state index contributed by atoms with van der Waals surface area (Å²) in [6.07, 6.45) is 1.38. The molecule has 1 amide bonds. The summed E-state index contributed by atoms with van der Waals surface area (Å²) in [6, 6.07) is 14.2. The van der Waals surface area contributed by atoms with Gasteiger partial charge in [-0.2, -0.15) is 0 Å². The first-order valence-electron chi connectivity index (χ1n) is 10.2. The van der Waals surface area contributed by atoms with Crippen molar-refractivity contribution in [2.24, 2.45) is 5.92 Å². The molecule has 3 rings (SSSR count). The number of amides is 1. The molecule has 0 fully saturated rings. The van der Waals surface area contributed by atoms with E-state index in [1.165, 1.54) is 18.4 Å². The van der Waals surface area contributed by atoms with Gasteiger partial charge in [-0.25, -0.2) is 9.37 Å². The van der Waals surface area contributed by atoms with Crippen molar-refractivity contribution in [3.63, 3.8) is 0 Å². The number of carbonyl (C=O) groups is 1. The first-order chi connectivity index (χ1) is 14.9. The molecule has 2 aromatic carbocycles. The molecule has 7 heteroatoms. The van der Waals surface area contributed by atoms with Crippen molar-refractivity contribution in [1.29, 1.82) is 0 Å². The maximum atomic E-state index is 13.3. The van der Waals surface area contributed by atoms with Gasteiger partial charge >= 0.3 is 0 Å². The summed E-state index contributed by atoms with van der Waals surface area (Å²) in [7, 11) is 1.63. The van der Waals surface area contributed by atoms with Crippen LogP contribution in [0.1, 0.15) is 41.4 Å². The Balaban J connectivity index is 1.72. The van der Waals surface area contributed by atoms with Crippen LogP contribution in [-0.4, -0.2) is 29.4 Å². The first-order valence-corrected chi connectivity index (χ1v) is 10.2. The fourth-order valence-corrected chi connectivity index (χ4v) is 3.07. The van der Waals surface area contributed by atoms with E-state index in [-0.39, 0.29) is 17.4 Å². The van der Waals surface area contributed by atoms with E-state index < -0.39 is 0 Å². The highest BCUT2D eigenvalue weighted by atomic mass is 19.1. The summed E-state index contributed by atoms with van der Waals surface area (Å²) >= 11 is 0. The maximum absolute atomic E-state index is 13.3. The van der Waals surface area contributed by atoms with Gasteiger partial charge in [0, 0.05) is 19.6 Å². The lowest BCUT2D eigenvalue weighted by molar-refractivity contribution is 0.0944. The third-order valence-electron chi connectivity index (χ3n) is 4.70. The molecule has 164 valence electrons. The summed E-state index contributed by atoms with van der Waals surface area (Å²) in [4.78, 5) is 18.7. The smallest absolute Gasteiger partial charge is 0.273 e. The highest BCUT2D eigenvalue weighted by Gasteiger charge is 2.16. The third-order valence-corrected chi connectivity index (χ3v) is 4.70. The SMILES string of the molecule is COc1ccc(CN(Cc2ccc(F)cc2)Cc2nc(C(=O)NCC(C)C)co2)cc1. The third kappa shape index (κ3) is 6.93. The molecular formula is C24H28FN3O3. The molecule has 0 aliphatic heterocycles. The molecule has 1 heterocycles. The van der Waals surface area contributed by atoms with Crippen molar-refractivity contribution in [2.45, 2.75) is 33.5 Å². The number of hydrogen-bond acceptors (Lipinski definition) is 5. The molecule has 0 spiro atoms. The number of rotatable bonds is 10. The van der Waals surface area contributed by atoms with Crippen molar-refractivity contribution in [1.82, 2.24) is 15.2 Å². The van der Waals surface area contributed by atoms with Crippen molar-refractivity contribution in [3.05, 3.63) is 83.3 Å². The van der Waals surface area contributed by atoms with Gasteiger partial charge in [0.25, 0.3) is 5.91 Å². The molecule has 0 bridgehead atoms. The second-order valence-electron chi connectivity index (χ2n) is 7.85. The molecule has 6 nitrogen and oxygen atoms in total. The molecule has 0 unspecified atom stereocenters.